The molecule has 0 amide bonds. The molecule has 0 unspecified atom stereocenters. The summed E-state index contributed by atoms with van der Waals surface area (Å²) in [6.45, 7) is 1.66. The average molecular weight is 409 g/mol. The number of hydrogen-bond acceptors (Lipinski definition) is 3. The Labute approximate surface area is 128 Å². The first kappa shape index (κ1) is 14.5. The molecule has 0 aliphatic heterocycles. The summed E-state index contributed by atoms with van der Waals surface area (Å²) in [5, 5.41) is 4.03. The average Bonchev–Trinajstić information content (AvgIpc) is 2.63. The Morgan fingerprint density at radius 2 is 2.00 bits per heavy atom. The van der Waals surface area contributed by atoms with Crippen LogP contribution in [0.3, 0.4) is 0 Å². The minimum absolute atomic E-state index is 0.171. The van der Waals surface area contributed by atoms with Crippen LogP contribution in [0.25, 0.3) is 0 Å². The van der Waals surface area contributed by atoms with Gasteiger partial charge in [0, 0.05) is 22.2 Å². The molecule has 5 nitrogen and oxygen atoms in total. The van der Waals surface area contributed by atoms with Crippen LogP contribution in [0.2, 0.25) is 0 Å². The van der Waals surface area contributed by atoms with Crippen molar-refractivity contribution in [3.05, 3.63) is 39.0 Å². The lowest BCUT2D eigenvalue weighted by Gasteiger charge is -2.09. The molecule has 0 bridgehead atoms. The van der Waals surface area contributed by atoms with Gasteiger partial charge in [-0.2, -0.15) is 5.10 Å². The van der Waals surface area contributed by atoms with Gasteiger partial charge < -0.3 is 0 Å². The van der Waals surface area contributed by atoms with Crippen LogP contribution in [0, 0.1) is 6.92 Å². The van der Waals surface area contributed by atoms with Crippen molar-refractivity contribution in [1.29, 1.82) is 0 Å². The molecule has 102 valence electrons. The van der Waals surface area contributed by atoms with Gasteiger partial charge in [-0.1, -0.05) is 15.9 Å². The molecule has 0 fully saturated rings. The lowest BCUT2D eigenvalue weighted by atomic mass is 10.3. The number of nitrogens with one attached hydrogen (secondary N) is 1. The minimum atomic E-state index is -3.64. The third-order valence-electron chi connectivity index (χ3n) is 2.43. The second-order valence-electron chi connectivity index (χ2n) is 3.98. The molecule has 19 heavy (non-hydrogen) atoms. The summed E-state index contributed by atoms with van der Waals surface area (Å²) in [4.78, 5) is 0.171. The molecule has 0 aliphatic rings. The van der Waals surface area contributed by atoms with Crippen LogP contribution in [0.15, 0.2) is 38.2 Å². The molecule has 1 aromatic carbocycles. The number of nitrogens with zero attached hydrogens (tertiary/aromatic N) is 2. The van der Waals surface area contributed by atoms with Crippen molar-refractivity contribution in [2.45, 2.75) is 11.8 Å². The number of hydrogen-bond donors (Lipinski definition) is 1. The number of rotatable bonds is 3. The molecule has 1 N–H and O–H groups in total. The Morgan fingerprint density at radius 1 is 1.32 bits per heavy atom. The van der Waals surface area contributed by atoms with Gasteiger partial charge in [0.25, 0.3) is 10.0 Å². The van der Waals surface area contributed by atoms with E-state index in [1.807, 2.05) is 0 Å². The highest BCUT2D eigenvalue weighted by Crippen LogP contribution is 2.28. The highest BCUT2D eigenvalue weighted by atomic mass is 79.9. The summed E-state index contributed by atoms with van der Waals surface area (Å²) in [6, 6.07) is 5.21. The van der Waals surface area contributed by atoms with Crippen LogP contribution < -0.4 is 4.72 Å². The Bertz CT molecular complexity index is 726. The van der Waals surface area contributed by atoms with Crippen LogP contribution in [0.1, 0.15) is 5.69 Å². The molecule has 1 aromatic heterocycles. The largest absolute Gasteiger partial charge is 0.278 e. The third kappa shape index (κ3) is 3.18. The Balaban J connectivity index is 2.39. The van der Waals surface area contributed by atoms with E-state index in [1.54, 1.807) is 32.2 Å². The maximum absolute atomic E-state index is 12.3. The number of benzene rings is 1. The van der Waals surface area contributed by atoms with Crippen molar-refractivity contribution in [1.82, 2.24) is 9.78 Å². The van der Waals surface area contributed by atoms with Crippen molar-refractivity contribution in [3.63, 3.8) is 0 Å². The molecule has 0 saturated carbocycles. The predicted molar refractivity (Wildman–Crippen MR) is 80.6 cm³/mol. The molecule has 2 rings (SSSR count). The maximum atomic E-state index is 12.3. The minimum Gasteiger partial charge on any atom is -0.278 e. The van der Waals surface area contributed by atoms with E-state index in [0.29, 0.717) is 15.9 Å². The number of aryl methyl sites for hydroxylation is 2. The van der Waals surface area contributed by atoms with Crippen molar-refractivity contribution >= 4 is 47.6 Å². The summed E-state index contributed by atoms with van der Waals surface area (Å²) in [7, 11) is -1.96. The summed E-state index contributed by atoms with van der Waals surface area (Å²) < 4.78 is 30.1. The van der Waals surface area contributed by atoms with E-state index < -0.39 is 10.0 Å². The van der Waals surface area contributed by atoms with Crippen molar-refractivity contribution in [3.8, 4) is 0 Å². The molecule has 0 aliphatic carbocycles. The normalized spacial score (nSPS) is 11.6. The molecule has 0 spiro atoms. The molecular formula is C11H11Br2N3O2S. The summed E-state index contributed by atoms with van der Waals surface area (Å²) >= 11 is 6.63. The highest BCUT2D eigenvalue weighted by Gasteiger charge is 2.20. The molecule has 1 heterocycles. The summed E-state index contributed by atoms with van der Waals surface area (Å²) in [5.74, 6) is 0. The molecule has 0 radical (unpaired) electrons. The molecule has 8 heteroatoms. The lowest BCUT2D eigenvalue weighted by molar-refractivity contribution is 0.600. The fourth-order valence-electron chi connectivity index (χ4n) is 1.61. The van der Waals surface area contributed by atoms with E-state index >= 15 is 0 Å². The van der Waals surface area contributed by atoms with E-state index in [-0.39, 0.29) is 4.90 Å². The van der Waals surface area contributed by atoms with Gasteiger partial charge in [0.05, 0.1) is 11.4 Å². The van der Waals surface area contributed by atoms with Crippen LogP contribution in [0.4, 0.5) is 5.69 Å². The van der Waals surface area contributed by atoms with Crippen LogP contribution in [-0.2, 0) is 17.1 Å². The van der Waals surface area contributed by atoms with Gasteiger partial charge in [0.1, 0.15) is 4.90 Å². The highest BCUT2D eigenvalue weighted by molar-refractivity contribution is 9.11. The zero-order valence-electron chi connectivity index (χ0n) is 10.2. The monoisotopic (exact) mass is 407 g/mol. The van der Waals surface area contributed by atoms with Gasteiger partial charge in [-0.15, -0.1) is 0 Å². The number of halogens is 2. The summed E-state index contributed by atoms with van der Waals surface area (Å²) in [5.41, 5.74) is 0.940. The molecule has 2 aromatic rings. The van der Waals surface area contributed by atoms with E-state index in [9.17, 15) is 8.42 Å². The Hall–Kier alpha value is -0.860. The topological polar surface area (TPSA) is 64.0 Å². The lowest BCUT2D eigenvalue weighted by Crippen LogP contribution is -2.13. The van der Waals surface area contributed by atoms with Crippen molar-refractivity contribution < 1.29 is 8.42 Å². The maximum Gasteiger partial charge on any atom is 0.265 e. The number of sulfonamides is 1. The fourth-order valence-corrected chi connectivity index (χ4v) is 4.19. The first-order chi connectivity index (χ1) is 8.79. The van der Waals surface area contributed by atoms with Gasteiger partial charge in [-0.3, -0.25) is 9.40 Å². The van der Waals surface area contributed by atoms with E-state index in [2.05, 4.69) is 41.7 Å². The van der Waals surface area contributed by atoms with E-state index in [1.165, 1.54) is 10.9 Å². The molecule has 0 atom stereocenters. The van der Waals surface area contributed by atoms with Gasteiger partial charge >= 0.3 is 0 Å². The molecular weight excluding hydrogens is 398 g/mol. The zero-order chi connectivity index (χ0) is 14.2. The second kappa shape index (κ2) is 5.26. The first-order valence-electron chi connectivity index (χ1n) is 5.28. The van der Waals surface area contributed by atoms with Crippen molar-refractivity contribution in [2.75, 3.05) is 4.72 Å². The smallest absolute Gasteiger partial charge is 0.265 e. The second-order valence-corrected chi connectivity index (χ2v) is 7.40. The summed E-state index contributed by atoms with van der Waals surface area (Å²) in [6.07, 6.45) is 1.48. The van der Waals surface area contributed by atoms with Crippen molar-refractivity contribution in [2.24, 2.45) is 7.05 Å². The number of aromatic nitrogens is 2. The van der Waals surface area contributed by atoms with Gasteiger partial charge in [-0.25, -0.2) is 8.42 Å². The van der Waals surface area contributed by atoms with Crippen LogP contribution in [0.5, 0.6) is 0 Å². The number of anilines is 1. The first-order valence-corrected chi connectivity index (χ1v) is 8.34. The van der Waals surface area contributed by atoms with E-state index in [4.69, 9.17) is 0 Å². The van der Waals surface area contributed by atoms with Gasteiger partial charge in [-0.05, 0) is 41.1 Å². The predicted octanol–water partition coefficient (Wildman–Crippen LogP) is 3.05. The standard InChI is InChI=1S/C11H11Br2N3O2S/c1-7-11(6-16(2)14-7)19(17,18)15-10-4-3-8(12)5-9(10)13/h3-6,15H,1-2H3. The zero-order valence-corrected chi connectivity index (χ0v) is 14.2. The quantitative estimate of drug-likeness (QED) is 0.848. The van der Waals surface area contributed by atoms with Gasteiger partial charge in [0.2, 0.25) is 0 Å². The van der Waals surface area contributed by atoms with Gasteiger partial charge in [0.15, 0.2) is 0 Å². The Morgan fingerprint density at radius 3 is 2.53 bits per heavy atom. The third-order valence-corrected chi connectivity index (χ3v) is 5.05. The Kier molecular flexibility index (Phi) is 4.03. The van der Waals surface area contributed by atoms with E-state index in [0.717, 1.165) is 4.47 Å². The van der Waals surface area contributed by atoms with Crippen LogP contribution >= 0.6 is 31.9 Å². The fraction of sp³-hybridized carbons (Fsp3) is 0.182. The SMILES string of the molecule is Cc1nn(C)cc1S(=O)(=O)Nc1ccc(Br)cc1Br. The molecule has 0 saturated heterocycles. The van der Waals surface area contributed by atoms with Crippen LogP contribution in [-0.4, -0.2) is 18.2 Å².